The molecule has 0 saturated carbocycles. The van der Waals surface area contributed by atoms with Crippen molar-refractivity contribution in [3.63, 3.8) is 0 Å². The molecule has 1 aliphatic rings. The minimum absolute atomic E-state index is 0.0916. The minimum Gasteiger partial charge on any atom is -0.493 e. The summed E-state index contributed by atoms with van der Waals surface area (Å²) in [6.45, 7) is 4.42. The maximum atomic E-state index is 14.1. The van der Waals surface area contributed by atoms with Crippen molar-refractivity contribution in [2.45, 2.75) is 25.7 Å². The number of sulfonamides is 1. The number of hydrogen-bond donors (Lipinski definition) is 0. The Kier molecular flexibility index (Phi) is 5.72. The molecular formula is C24H23FN2O6S. The number of amides is 1. The second-order valence-electron chi connectivity index (χ2n) is 8.00. The maximum Gasteiger partial charge on any atom is 0.269 e. The lowest BCUT2D eigenvalue weighted by Crippen LogP contribution is -2.35. The second kappa shape index (κ2) is 8.28. The van der Waals surface area contributed by atoms with Crippen LogP contribution in [0.3, 0.4) is 0 Å². The van der Waals surface area contributed by atoms with Gasteiger partial charge in [-0.1, -0.05) is 6.07 Å². The highest BCUT2D eigenvalue weighted by molar-refractivity contribution is 7.90. The SMILES string of the molecule is COc1cc2c(cc1OC)S(=O)(=O)N(CC(=O)c1cc(C)n(-c3ccc(C)c(F)c3)c1C)C2=O. The average Bonchev–Trinajstić information content (AvgIpc) is 3.19. The molecule has 2 heterocycles. The van der Waals surface area contributed by atoms with Gasteiger partial charge < -0.3 is 14.0 Å². The van der Waals surface area contributed by atoms with E-state index < -0.39 is 28.3 Å². The largest absolute Gasteiger partial charge is 0.493 e. The summed E-state index contributed by atoms with van der Waals surface area (Å²) < 4.78 is 52.9. The molecule has 3 aromatic rings. The van der Waals surface area contributed by atoms with Crippen LogP contribution in [-0.4, -0.2) is 49.7 Å². The Morgan fingerprint density at radius 2 is 1.65 bits per heavy atom. The van der Waals surface area contributed by atoms with Crippen LogP contribution in [0.25, 0.3) is 5.69 Å². The van der Waals surface area contributed by atoms with Crippen molar-refractivity contribution >= 4 is 21.7 Å². The van der Waals surface area contributed by atoms with Crippen LogP contribution >= 0.6 is 0 Å². The molecule has 1 aromatic heterocycles. The van der Waals surface area contributed by atoms with Crippen molar-refractivity contribution in [2.24, 2.45) is 0 Å². The van der Waals surface area contributed by atoms with Crippen molar-refractivity contribution in [3.8, 4) is 17.2 Å². The zero-order valence-electron chi connectivity index (χ0n) is 19.3. The van der Waals surface area contributed by atoms with Gasteiger partial charge in [0, 0.05) is 28.7 Å². The number of hydrogen-bond acceptors (Lipinski definition) is 6. The Balaban J connectivity index is 1.69. The number of carbonyl (C=O) groups excluding carboxylic acids is 2. The number of aryl methyl sites for hydroxylation is 2. The van der Waals surface area contributed by atoms with Crippen molar-refractivity contribution in [1.82, 2.24) is 8.87 Å². The van der Waals surface area contributed by atoms with Gasteiger partial charge in [-0.25, -0.2) is 17.1 Å². The van der Waals surface area contributed by atoms with Crippen molar-refractivity contribution < 1.29 is 31.9 Å². The average molecular weight is 487 g/mol. The third kappa shape index (κ3) is 3.54. The van der Waals surface area contributed by atoms with Crippen LogP contribution in [0.2, 0.25) is 0 Å². The van der Waals surface area contributed by atoms with E-state index in [0.717, 1.165) is 0 Å². The fourth-order valence-corrected chi connectivity index (χ4v) is 5.66. The van der Waals surface area contributed by atoms with E-state index in [4.69, 9.17) is 9.47 Å². The third-order valence-electron chi connectivity index (χ3n) is 5.94. The van der Waals surface area contributed by atoms with Crippen LogP contribution < -0.4 is 9.47 Å². The second-order valence-corrected chi connectivity index (χ2v) is 9.83. The fourth-order valence-electron chi connectivity index (χ4n) is 4.14. The Bertz CT molecular complexity index is 1460. The number of ketones is 1. The molecule has 2 aromatic carbocycles. The molecular weight excluding hydrogens is 463 g/mol. The van der Waals surface area contributed by atoms with Gasteiger partial charge in [0.25, 0.3) is 15.9 Å². The van der Waals surface area contributed by atoms with Crippen molar-refractivity contribution in [1.29, 1.82) is 0 Å². The molecule has 8 nitrogen and oxygen atoms in total. The van der Waals surface area contributed by atoms with Gasteiger partial charge in [0.1, 0.15) is 17.3 Å². The van der Waals surface area contributed by atoms with Gasteiger partial charge in [0.05, 0.1) is 19.8 Å². The zero-order chi connectivity index (χ0) is 24.9. The number of fused-ring (bicyclic) bond motifs is 1. The summed E-state index contributed by atoms with van der Waals surface area (Å²) >= 11 is 0. The summed E-state index contributed by atoms with van der Waals surface area (Å²) in [6.07, 6.45) is 0. The van der Waals surface area contributed by atoms with E-state index >= 15 is 0 Å². The molecule has 0 fully saturated rings. The summed E-state index contributed by atoms with van der Waals surface area (Å²) in [5.74, 6) is -1.41. The highest BCUT2D eigenvalue weighted by Gasteiger charge is 2.43. The molecule has 1 amide bonds. The number of rotatable bonds is 6. The number of carbonyl (C=O) groups is 2. The lowest BCUT2D eigenvalue weighted by atomic mass is 10.1. The van der Waals surface area contributed by atoms with Gasteiger partial charge in [0.15, 0.2) is 17.3 Å². The topological polar surface area (TPSA) is 94.9 Å². The lowest BCUT2D eigenvalue weighted by Gasteiger charge is -2.14. The highest BCUT2D eigenvalue weighted by atomic mass is 32.2. The molecule has 0 N–H and O–H groups in total. The number of nitrogens with zero attached hydrogens (tertiary/aromatic N) is 2. The molecule has 0 atom stereocenters. The molecule has 0 bridgehead atoms. The summed E-state index contributed by atoms with van der Waals surface area (Å²) in [6, 6.07) is 8.84. The standard InChI is InChI=1S/C24H23FN2O6S/c1-13-6-7-16(9-19(13)25)27-14(2)8-17(15(27)3)20(28)12-26-24(29)18-10-21(32-4)22(33-5)11-23(18)34(26,30)31/h6-11H,12H2,1-5H3. The number of halogens is 1. The normalized spacial score (nSPS) is 14.3. The van der Waals surface area contributed by atoms with Gasteiger partial charge >= 0.3 is 0 Å². The molecule has 34 heavy (non-hydrogen) atoms. The number of methoxy groups -OCH3 is 2. The summed E-state index contributed by atoms with van der Waals surface area (Å²) in [4.78, 5) is 25.9. The highest BCUT2D eigenvalue weighted by Crippen LogP contribution is 2.39. The third-order valence-corrected chi connectivity index (χ3v) is 7.71. The molecule has 10 heteroatoms. The Hall–Kier alpha value is -3.66. The molecule has 0 unspecified atom stereocenters. The van der Waals surface area contributed by atoms with E-state index in [9.17, 15) is 22.4 Å². The molecule has 178 valence electrons. The Labute approximate surface area is 196 Å². The smallest absolute Gasteiger partial charge is 0.269 e. The van der Waals surface area contributed by atoms with E-state index in [2.05, 4.69) is 0 Å². The van der Waals surface area contributed by atoms with Gasteiger partial charge in [0.2, 0.25) is 0 Å². The van der Waals surface area contributed by atoms with E-state index in [1.807, 2.05) is 0 Å². The first-order valence-electron chi connectivity index (χ1n) is 10.3. The Morgan fingerprint density at radius 3 is 2.26 bits per heavy atom. The number of benzene rings is 2. The molecule has 1 aliphatic heterocycles. The van der Waals surface area contributed by atoms with Gasteiger partial charge in [-0.15, -0.1) is 0 Å². The van der Waals surface area contributed by atoms with E-state index in [0.29, 0.717) is 26.9 Å². The number of Topliss-reactive ketones (excluding diaryl/α,β-unsaturated/α-hetero) is 1. The van der Waals surface area contributed by atoms with Crippen LogP contribution in [0, 0.1) is 26.6 Å². The quantitative estimate of drug-likeness (QED) is 0.495. The number of aromatic nitrogens is 1. The van der Waals surface area contributed by atoms with Crippen LogP contribution in [0.1, 0.15) is 37.7 Å². The van der Waals surface area contributed by atoms with Crippen molar-refractivity contribution in [2.75, 3.05) is 20.8 Å². The lowest BCUT2D eigenvalue weighted by molar-refractivity contribution is 0.0820. The van der Waals surface area contributed by atoms with Gasteiger partial charge in [-0.3, -0.25) is 9.59 Å². The van der Waals surface area contributed by atoms with Crippen LogP contribution in [0.15, 0.2) is 41.3 Å². The minimum atomic E-state index is -4.26. The van der Waals surface area contributed by atoms with Crippen LogP contribution in [0.5, 0.6) is 11.5 Å². The first-order chi connectivity index (χ1) is 16.0. The molecule has 0 spiro atoms. The molecule has 0 aliphatic carbocycles. The monoisotopic (exact) mass is 486 g/mol. The Morgan fingerprint density at radius 1 is 1.00 bits per heavy atom. The van der Waals surface area contributed by atoms with Gasteiger partial charge in [-0.05, 0) is 50.6 Å². The predicted molar refractivity (Wildman–Crippen MR) is 122 cm³/mol. The fraction of sp³-hybridized carbons (Fsp3) is 0.250. The van der Waals surface area contributed by atoms with Gasteiger partial charge in [-0.2, -0.15) is 0 Å². The summed E-state index contributed by atoms with van der Waals surface area (Å²) in [7, 11) is -1.54. The van der Waals surface area contributed by atoms with Crippen molar-refractivity contribution in [3.05, 3.63) is 70.3 Å². The van der Waals surface area contributed by atoms with Crippen LogP contribution in [0.4, 0.5) is 4.39 Å². The predicted octanol–water partition coefficient (Wildman–Crippen LogP) is 3.59. The maximum absolute atomic E-state index is 14.1. The zero-order valence-corrected chi connectivity index (χ0v) is 20.1. The molecule has 0 radical (unpaired) electrons. The molecule has 4 rings (SSSR count). The van der Waals surface area contributed by atoms with E-state index in [1.165, 1.54) is 32.4 Å². The summed E-state index contributed by atoms with van der Waals surface area (Å²) in [5.41, 5.74) is 2.36. The van der Waals surface area contributed by atoms with E-state index in [1.54, 1.807) is 43.5 Å². The van der Waals surface area contributed by atoms with E-state index in [-0.39, 0.29) is 33.3 Å². The molecule has 0 saturated heterocycles. The number of ether oxygens (including phenoxy) is 2. The first kappa shape index (κ1) is 23.5. The first-order valence-corrected chi connectivity index (χ1v) is 11.8. The van der Waals surface area contributed by atoms with Crippen LogP contribution in [-0.2, 0) is 10.0 Å². The summed E-state index contributed by atoms with van der Waals surface area (Å²) in [5, 5.41) is 0.